The summed E-state index contributed by atoms with van der Waals surface area (Å²) < 4.78 is 6.63. The van der Waals surface area contributed by atoms with Gasteiger partial charge in [0.05, 0.1) is 24.1 Å². The van der Waals surface area contributed by atoms with Crippen molar-refractivity contribution < 1.29 is 9.53 Å². The maximum Gasteiger partial charge on any atom is 0.329 e. The number of nitrogens with zero attached hydrogens (tertiary/aromatic N) is 3. The predicted octanol–water partition coefficient (Wildman–Crippen LogP) is 2.73. The molecule has 1 saturated heterocycles. The van der Waals surface area contributed by atoms with E-state index in [-0.39, 0.29) is 34.5 Å². The second-order valence-electron chi connectivity index (χ2n) is 8.20. The van der Waals surface area contributed by atoms with Crippen LogP contribution in [0.3, 0.4) is 0 Å². The Kier molecular flexibility index (Phi) is 5.39. The van der Waals surface area contributed by atoms with Crippen molar-refractivity contribution in [2.24, 2.45) is 7.05 Å². The van der Waals surface area contributed by atoms with Crippen LogP contribution in [0, 0.1) is 0 Å². The van der Waals surface area contributed by atoms with Crippen LogP contribution in [0.2, 0.25) is 0 Å². The van der Waals surface area contributed by atoms with Gasteiger partial charge >= 0.3 is 5.69 Å². The first-order valence-electron chi connectivity index (χ1n) is 10.4. The lowest BCUT2D eigenvalue weighted by Gasteiger charge is -2.26. The third-order valence-corrected chi connectivity index (χ3v) is 5.90. The molecule has 4 rings (SSSR count). The van der Waals surface area contributed by atoms with E-state index < -0.39 is 11.2 Å². The zero-order chi connectivity index (χ0) is 22.3. The standard InChI is InChI=1S/C23H26N4O4/c1-13(2)17-12-16(19-20(24-17)26(3)23(30)25-21(19)28)22(29)27-10-6-9-18(27)14-7-5-8-15(11-14)31-4/h5,7-8,11-13,18H,6,9-10H2,1-4H3,(H,25,28,30). The highest BCUT2D eigenvalue weighted by Gasteiger charge is 2.33. The molecule has 8 nitrogen and oxygen atoms in total. The van der Waals surface area contributed by atoms with Crippen LogP contribution in [0.4, 0.5) is 0 Å². The summed E-state index contributed by atoms with van der Waals surface area (Å²) in [6.07, 6.45) is 1.69. The number of nitrogens with one attached hydrogen (secondary N) is 1. The molecule has 3 aromatic rings. The number of H-pyrrole nitrogens is 1. The number of carbonyl (C=O) groups is 1. The number of likely N-dealkylation sites (tertiary alicyclic amines) is 1. The number of benzene rings is 1. The Hall–Kier alpha value is -3.42. The molecule has 1 aliphatic heterocycles. The molecule has 1 N–H and O–H groups in total. The predicted molar refractivity (Wildman–Crippen MR) is 118 cm³/mol. The van der Waals surface area contributed by atoms with E-state index in [4.69, 9.17) is 4.74 Å². The van der Waals surface area contributed by atoms with Crippen LogP contribution in [0.15, 0.2) is 39.9 Å². The smallest absolute Gasteiger partial charge is 0.329 e. The van der Waals surface area contributed by atoms with Crippen LogP contribution in [-0.4, -0.2) is 39.0 Å². The normalized spacial score (nSPS) is 16.3. The fraction of sp³-hybridized carbons (Fsp3) is 0.391. The number of aromatic nitrogens is 3. The van der Waals surface area contributed by atoms with Crippen molar-refractivity contribution in [3.63, 3.8) is 0 Å². The molecule has 1 fully saturated rings. The topological polar surface area (TPSA) is 97.3 Å². The number of amides is 1. The number of methoxy groups -OCH3 is 1. The van der Waals surface area contributed by atoms with Gasteiger partial charge < -0.3 is 9.64 Å². The third-order valence-electron chi connectivity index (χ3n) is 5.90. The molecule has 0 bridgehead atoms. The summed E-state index contributed by atoms with van der Waals surface area (Å²) in [7, 11) is 3.16. The Morgan fingerprint density at radius 3 is 2.74 bits per heavy atom. The monoisotopic (exact) mass is 422 g/mol. The summed E-state index contributed by atoms with van der Waals surface area (Å²) in [5, 5.41) is 0.146. The Labute approximate surface area is 179 Å². The van der Waals surface area contributed by atoms with E-state index in [1.807, 2.05) is 38.1 Å². The second-order valence-corrected chi connectivity index (χ2v) is 8.20. The van der Waals surface area contributed by atoms with E-state index in [1.165, 1.54) is 4.57 Å². The van der Waals surface area contributed by atoms with Gasteiger partial charge in [0.15, 0.2) is 0 Å². The summed E-state index contributed by atoms with van der Waals surface area (Å²) >= 11 is 0. The maximum atomic E-state index is 13.7. The summed E-state index contributed by atoms with van der Waals surface area (Å²) in [4.78, 5) is 47.2. The van der Waals surface area contributed by atoms with Gasteiger partial charge in [-0.05, 0) is 42.5 Å². The highest BCUT2D eigenvalue weighted by atomic mass is 16.5. The Bertz CT molecular complexity index is 1270. The van der Waals surface area contributed by atoms with Gasteiger partial charge in [-0.15, -0.1) is 0 Å². The van der Waals surface area contributed by atoms with E-state index in [0.717, 1.165) is 24.2 Å². The molecule has 1 aromatic carbocycles. The van der Waals surface area contributed by atoms with Crippen LogP contribution in [0.1, 0.15) is 60.3 Å². The number of rotatable bonds is 4. The van der Waals surface area contributed by atoms with Crippen molar-refractivity contribution in [3.8, 4) is 5.75 Å². The summed E-state index contributed by atoms with van der Waals surface area (Å²) in [5.41, 5.74) is 1.00. The number of aromatic amines is 1. The number of carbonyl (C=O) groups excluding carboxylic acids is 1. The van der Waals surface area contributed by atoms with E-state index in [0.29, 0.717) is 12.2 Å². The maximum absolute atomic E-state index is 13.7. The molecule has 1 unspecified atom stereocenters. The minimum Gasteiger partial charge on any atom is -0.497 e. The zero-order valence-corrected chi connectivity index (χ0v) is 18.1. The van der Waals surface area contributed by atoms with Gasteiger partial charge in [0, 0.05) is 19.3 Å². The lowest BCUT2D eigenvalue weighted by Crippen LogP contribution is -2.34. The Morgan fingerprint density at radius 1 is 1.26 bits per heavy atom. The molecule has 1 atom stereocenters. The first-order chi connectivity index (χ1) is 14.8. The van der Waals surface area contributed by atoms with Crippen LogP contribution < -0.4 is 16.0 Å². The number of hydrogen-bond donors (Lipinski definition) is 1. The number of hydrogen-bond acceptors (Lipinski definition) is 5. The number of ether oxygens (including phenoxy) is 1. The minimum absolute atomic E-state index is 0.0260. The van der Waals surface area contributed by atoms with Gasteiger partial charge in [-0.25, -0.2) is 9.78 Å². The van der Waals surface area contributed by atoms with E-state index >= 15 is 0 Å². The van der Waals surface area contributed by atoms with Crippen molar-refractivity contribution >= 4 is 16.9 Å². The summed E-state index contributed by atoms with van der Waals surface area (Å²) in [6, 6.07) is 9.29. The van der Waals surface area contributed by atoms with Gasteiger partial charge in [-0.2, -0.15) is 0 Å². The van der Waals surface area contributed by atoms with Gasteiger partial charge in [0.2, 0.25) is 0 Å². The molecular formula is C23H26N4O4. The number of aryl methyl sites for hydroxylation is 1. The average Bonchev–Trinajstić information content (AvgIpc) is 3.26. The molecule has 0 saturated carbocycles. The molecule has 0 spiro atoms. The van der Waals surface area contributed by atoms with Crippen molar-refractivity contribution in [3.05, 3.63) is 68.0 Å². The largest absolute Gasteiger partial charge is 0.497 e. The van der Waals surface area contributed by atoms with Gasteiger partial charge in [-0.3, -0.25) is 19.1 Å². The number of fused-ring (bicyclic) bond motifs is 1. The summed E-state index contributed by atoms with van der Waals surface area (Å²) in [5.74, 6) is 0.529. The minimum atomic E-state index is -0.596. The van der Waals surface area contributed by atoms with E-state index in [2.05, 4.69) is 9.97 Å². The molecule has 1 aliphatic rings. The SMILES string of the molecule is COc1cccc(C2CCCN2C(=O)c2cc(C(C)C)nc3c2c(=O)[nH]c(=O)n3C)c1. The molecule has 0 aliphatic carbocycles. The van der Waals surface area contributed by atoms with Crippen LogP contribution in [0.5, 0.6) is 5.75 Å². The zero-order valence-electron chi connectivity index (χ0n) is 18.1. The third kappa shape index (κ3) is 3.62. The summed E-state index contributed by atoms with van der Waals surface area (Å²) in [6.45, 7) is 4.51. The lowest BCUT2D eigenvalue weighted by atomic mass is 10.0. The molecule has 8 heteroatoms. The molecular weight excluding hydrogens is 396 g/mol. The first kappa shape index (κ1) is 20.8. The molecule has 0 radical (unpaired) electrons. The van der Waals surface area contributed by atoms with Crippen LogP contribution in [-0.2, 0) is 7.05 Å². The van der Waals surface area contributed by atoms with Crippen molar-refractivity contribution in [2.45, 2.75) is 38.6 Å². The number of pyridine rings is 1. The fourth-order valence-corrected chi connectivity index (χ4v) is 4.18. The highest BCUT2D eigenvalue weighted by Crippen LogP contribution is 2.35. The van der Waals surface area contributed by atoms with Crippen LogP contribution in [0.25, 0.3) is 11.0 Å². The van der Waals surface area contributed by atoms with Crippen molar-refractivity contribution in [2.75, 3.05) is 13.7 Å². The molecule has 162 valence electrons. The Balaban J connectivity index is 1.87. The van der Waals surface area contributed by atoms with E-state index in [1.54, 1.807) is 25.1 Å². The van der Waals surface area contributed by atoms with E-state index in [9.17, 15) is 14.4 Å². The quantitative estimate of drug-likeness (QED) is 0.697. The molecule has 31 heavy (non-hydrogen) atoms. The molecule has 3 heterocycles. The average molecular weight is 422 g/mol. The second kappa shape index (κ2) is 8.02. The van der Waals surface area contributed by atoms with Crippen molar-refractivity contribution in [1.29, 1.82) is 0 Å². The lowest BCUT2D eigenvalue weighted by molar-refractivity contribution is 0.0737. The molecule has 2 aromatic heterocycles. The highest BCUT2D eigenvalue weighted by molar-refractivity contribution is 6.05. The van der Waals surface area contributed by atoms with Crippen LogP contribution >= 0.6 is 0 Å². The van der Waals surface area contributed by atoms with Gasteiger partial charge in [-0.1, -0.05) is 26.0 Å². The fourth-order valence-electron chi connectivity index (χ4n) is 4.18. The van der Waals surface area contributed by atoms with Gasteiger partial charge in [0.1, 0.15) is 11.4 Å². The Morgan fingerprint density at radius 2 is 2.03 bits per heavy atom. The molecule has 1 amide bonds. The van der Waals surface area contributed by atoms with Crippen molar-refractivity contribution in [1.82, 2.24) is 19.4 Å². The van der Waals surface area contributed by atoms with Gasteiger partial charge in [0.25, 0.3) is 11.5 Å². The first-order valence-corrected chi connectivity index (χ1v) is 10.4.